The first-order valence-electron chi connectivity index (χ1n) is 11.0. The van der Waals surface area contributed by atoms with Crippen LogP contribution in [0, 0.1) is 52.3 Å². The van der Waals surface area contributed by atoms with E-state index in [0.717, 1.165) is 29.6 Å². The van der Waals surface area contributed by atoms with Gasteiger partial charge in [0.15, 0.2) is 0 Å². The molecule has 2 aliphatic carbocycles. The summed E-state index contributed by atoms with van der Waals surface area (Å²) in [7, 11) is 0. The van der Waals surface area contributed by atoms with Crippen LogP contribution < -0.4 is 0 Å². The molecule has 0 aromatic heterocycles. The Morgan fingerprint density at radius 3 is 1.80 bits per heavy atom. The fraction of sp³-hybridized carbons (Fsp3) is 1.00. The zero-order chi connectivity index (χ0) is 19.3. The molecule has 0 aromatic rings. The highest BCUT2D eigenvalue weighted by molar-refractivity contribution is 4.99. The van der Waals surface area contributed by atoms with Crippen LogP contribution in [0.3, 0.4) is 0 Å². The van der Waals surface area contributed by atoms with Gasteiger partial charge >= 0.3 is 0 Å². The van der Waals surface area contributed by atoms with Crippen molar-refractivity contribution < 1.29 is 4.74 Å². The first-order valence-corrected chi connectivity index (χ1v) is 11.0. The maximum absolute atomic E-state index is 7.02. The van der Waals surface area contributed by atoms with Gasteiger partial charge in [-0.15, -0.1) is 0 Å². The van der Waals surface area contributed by atoms with Crippen molar-refractivity contribution in [3.8, 4) is 0 Å². The normalized spacial score (nSPS) is 47.0. The van der Waals surface area contributed by atoms with Gasteiger partial charge in [0, 0.05) is 0 Å². The minimum absolute atomic E-state index is 0.253. The third-order valence-electron chi connectivity index (χ3n) is 9.25. The molecule has 0 amide bonds. The molecule has 0 radical (unpaired) electrons. The summed E-state index contributed by atoms with van der Waals surface area (Å²) in [5.74, 6) is 5.11. The molecule has 1 heteroatoms. The molecule has 8 unspecified atom stereocenters. The first-order chi connectivity index (χ1) is 11.3. The van der Waals surface area contributed by atoms with Gasteiger partial charge in [-0.1, -0.05) is 76.2 Å². The summed E-state index contributed by atoms with van der Waals surface area (Å²) in [5, 5.41) is 0. The SMILES string of the molecule is CC(C)C1CC(C)C(OC2CC(C)C(C)C(C)(C)C2C)C(C)(C)C1C. The van der Waals surface area contributed by atoms with E-state index < -0.39 is 0 Å². The van der Waals surface area contributed by atoms with Crippen LogP contribution in [0.2, 0.25) is 0 Å². The quantitative estimate of drug-likeness (QED) is 0.529. The van der Waals surface area contributed by atoms with Crippen molar-refractivity contribution in [1.82, 2.24) is 0 Å². The number of rotatable bonds is 3. The third kappa shape index (κ3) is 3.69. The second kappa shape index (κ2) is 7.17. The van der Waals surface area contributed by atoms with E-state index in [1.807, 2.05) is 0 Å². The summed E-state index contributed by atoms with van der Waals surface area (Å²) in [6, 6.07) is 0. The van der Waals surface area contributed by atoms with Crippen LogP contribution in [-0.2, 0) is 4.74 Å². The Hall–Kier alpha value is -0.0400. The minimum atomic E-state index is 0.253. The average molecular weight is 351 g/mol. The summed E-state index contributed by atoms with van der Waals surface area (Å²) in [6.07, 6.45) is 3.35. The van der Waals surface area contributed by atoms with Crippen molar-refractivity contribution in [2.75, 3.05) is 0 Å². The molecule has 2 aliphatic rings. The second-order valence-electron chi connectivity index (χ2n) is 11.4. The van der Waals surface area contributed by atoms with Gasteiger partial charge in [-0.2, -0.15) is 0 Å². The van der Waals surface area contributed by atoms with Crippen molar-refractivity contribution >= 4 is 0 Å². The number of hydrogen-bond acceptors (Lipinski definition) is 1. The van der Waals surface area contributed by atoms with Crippen molar-refractivity contribution in [2.45, 2.75) is 101 Å². The van der Waals surface area contributed by atoms with E-state index in [1.165, 1.54) is 12.8 Å². The summed E-state index contributed by atoms with van der Waals surface area (Å²) in [6.45, 7) is 26.9. The smallest absolute Gasteiger partial charge is 0.0658 e. The molecule has 0 bridgehead atoms. The van der Waals surface area contributed by atoms with E-state index in [1.54, 1.807) is 0 Å². The lowest BCUT2D eigenvalue weighted by molar-refractivity contribution is -0.195. The van der Waals surface area contributed by atoms with Crippen LogP contribution in [0.15, 0.2) is 0 Å². The van der Waals surface area contributed by atoms with Gasteiger partial charge in [0.05, 0.1) is 12.2 Å². The molecule has 0 saturated heterocycles. The minimum Gasteiger partial charge on any atom is -0.374 e. The van der Waals surface area contributed by atoms with Gasteiger partial charge in [0.25, 0.3) is 0 Å². The van der Waals surface area contributed by atoms with Gasteiger partial charge in [-0.3, -0.25) is 0 Å². The highest BCUT2D eigenvalue weighted by Crippen LogP contribution is 2.53. The molecular formula is C24H46O. The van der Waals surface area contributed by atoms with Gasteiger partial charge in [-0.25, -0.2) is 0 Å². The highest BCUT2D eigenvalue weighted by atomic mass is 16.5. The van der Waals surface area contributed by atoms with E-state index >= 15 is 0 Å². The first kappa shape index (κ1) is 21.3. The summed E-state index contributed by atoms with van der Waals surface area (Å²) in [4.78, 5) is 0. The van der Waals surface area contributed by atoms with E-state index in [4.69, 9.17) is 4.74 Å². The fourth-order valence-corrected chi connectivity index (χ4v) is 6.22. The Labute approximate surface area is 158 Å². The Balaban J connectivity index is 2.21. The van der Waals surface area contributed by atoms with Crippen LogP contribution >= 0.6 is 0 Å². The maximum Gasteiger partial charge on any atom is 0.0658 e. The molecule has 8 atom stereocenters. The number of hydrogen-bond donors (Lipinski definition) is 0. The largest absolute Gasteiger partial charge is 0.374 e. The lowest BCUT2D eigenvalue weighted by Crippen LogP contribution is -2.54. The zero-order valence-corrected chi connectivity index (χ0v) is 19.0. The molecule has 148 valence electrons. The van der Waals surface area contributed by atoms with Crippen LogP contribution in [0.1, 0.15) is 89.0 Å². The van der Waals surface area contributed by atoms with Gasteiger partial charge in [-0.05, 0) is 65.1 Å². The van der Waals surface area contributed by atoms with Crippen molar-refractivity contribution in [1.29, 1.82) is 0 Å². The summed E-state index contributed by atoms with van der Waals surface area (Å²) >= 11 is 0. The van der Waals surface area contributed by atoms with Crippen LogP contribution in [0.4, 0.5) is 0 Å². The maximum atomic E-state index is 7.02. The Kier molecular flexibility index (Phi) is 6.10. The molecule has 2 rings (SSSR count). The van der Waals surface area contributed by atoms with Crippen molar-refractivity contribution in [3.05, 3.63) is 0 Å². The van der Waals surface area contributed by atoms with Gasteiger partial charge in [0.1, 0.15) is 0 Å². The lowest BCUT2D eigenvalue weighted by Gasteiger charge is -2.56. The molecule has 0 heterocycles. The predicted molar refractivity (Wildman–Crippen MR) is 110 cm³/mol. The third-order valence-corrected chi connectivity index (χ3v) is 9.25. The lowest BCUT2D eigenvalue weighted by atomic mass is 9.56. The van der Waals surface area contributed by atoms with Crippen LogP contribution in [0.5, 0.6) is 0 Å². The molecule has 0 aliphatic heterocycles. The Bertz CT molecular complexity index is 449. The molecule has 25 heavy (non-hydrogen) atoms. The van der Waals surface area contributed by atoms with Crippen LogP contribution in [-0.4, -0.2) is 12.2 Å². The van der Waals surface area contributed by atoms with E-state index in [0.29, 0.717) is 29.5 Å². The Morgan fingerprint density at radius 2 is 1.28 bits per heavy atom. The second-order valence-corrected chi connectivity index (χ2v) is 11.4. The predicted octanol–water partition coefficient (Wildman–Crippen LogP) is 7.05. The molecular weight excluding hydrogens is 304 g/mol. The zero-order valence-electron chi connectivity index (χ0n) is 19.0. The standard InChI is InChI=1S/C24H46O/c1-14(2)20-12-16(4)22(24(10,11)18(20)6)25-21-13-15(3)17(5)23(8,9)19(21)7/h14-22H,12-13H2,1-11H3. The topological polar surface area (TPSA) is 9.23 Å². The molecule has 0 spiro atoms. The average Bonchev–Trinajstić information content (AvgIpc) is 2.50. The van der Waals surface area contributed by atoms with Gasteiger partial charge in [0.2, 0.25) is 0 Å². The molecule has 1 nitrogen and oxygen atoms in total. The van der Waals surface area contributed by atoms with Crippen LogP contribution in [0.25, 0.3) is 0 Å². The van der Waals surface area contributed by atoms with E-state index in [9.17, 15) is 0 Å². The fourth-order valence-electron chi connectivity index (χ4n) is 6.22. The van der Waals surface area contributed by atoms with Gasteiger partial charge < -0.3 is 4.74 Å². The number of ether oxygens (including phenoxy) is 1. The Morgan fingerprint density at radius 1 is 0.720 bits per heavy atom. The van der Waals surface area contributed by atoms with Crippen molar-refractivity contribution in [2.24, 2.45) is 52.3 Å². The molecule has 2 saturated carbocycles. The molecule has 0 aromatic carbocycles. The summed E-state index contributed by atoms with van der Waals surface area (Å²) in [5.41, 5.74) is 0.610. The highest BCUT2D eigenvalue weighted by Gasteiger charge is 2.51. The van der Waals surface area contributed by atoms with E-state index in [2.05, 4.69) is 76.2 Å². The monoisotopic (exact) mass is 350 g/mol. The van der Waals surface area contributed by atoms with Crippen molar-refractivity contribution in [3.63, 3.8) is 0 Å². The molecule has 2 fully saturated rings. The molecule has 0 N–H and O–H groups in total. The summed E-state index contributed by atoms with van der Waals surface area (Å²) < 4.78 is 7.02. The van der Waals surface area contributed by atoms with E-state index in [-0.39, 0.29) is 5.41 Å².